The van der Waals surface area contributed by atoms with E-state index in [9.17, 15) is 49.8 Å². The molecule has 0 aromatic carbocycles. The molecule has 4 rings (SSSR count). The number of rotatable bonds is 3. The number of hydrogen-bond donors (Lipinski definition) is 6. The molecule has 14 atom stereocenters. The number of carbonyl (C=O) groups is 4. The molecule has 2 saturated heterocycles. The molecular formula is C40H63NO12. The number of aliphatic hydroxyl groups excluding tert-OH is 5. The largest absolute Gasteiger partial charge is 0.456 e. The van der Waals surface area contributed by atoms with Gasteiger partial charge in [-0.3, -0.25) is 14.4 Å². The number of carbonyl (C=O) groups excluding carboxylic acids is 4. The van der Waals surface area contributed by atoms with E-state index in [1.54, 1.807) is 13.8 Å². The predicted molar refractivity (Wildman–Crippen MR) is 194 cm³/mol. The van der Waals surface area contributed by atoms with Gasteiger partial charge in [-0.25, -0.2) is 4.79 Å². The molecule has 300 valence electrons. The maximum Gasteiger partial charge on any atom is 0.329 e. The van der Waals surface area contributed by atoms with Crippen LogP contribution in [0.2, 0.25) is 0 Å². The summed E-state index contributed by atoms with van der Waals surface area (Å²) in [5.41, 5.74) is 1.48. The number of Topliss-reactive ketones (excluding diaryl/α,β-unsaturated/α-hetero) is 2. The van der Waals surface area contributed by atoms with Gasteiger partial charge in [-0.05, 0) is 95.5 Å². The van der Waals surface area contributed by atoms with Crippen LogP contribution >= 0.6 is 0 Å². The summed E-state index contributed by atoms with van der Waals surface area (Å²) < 4.78 is 11.9. The normalized spacial score (nSPS) is 43.2. The monoisotopic (exact) mass is 749 g/mol. The third kappa shape index (κ3) is 10.2. The van der Waals surface area contributed by atoms with E-state index in [-0.39, 0.29) is 49.8 Å². The van der Waals surface area contributed by atoms with E-state index in [4.69, 9.17) is 9.47 Å². The summed E-state index contributed by atoms with van der Waals surface area (Å²) in [4.78, 5) is 56.4. The maximum atomic E-state index is 14.1. The Bertz CT molecular complexity index is 1380. The van der Waals surface area contributed by atoms with Crippen LogP contribution in [-0.2, 0) is 28.7 Å². The fraction of sp³-hybridized carbons (Fsp3) is 0.800. The third-order valence-electron chi connectivity index (χ3n) is 12.1. The Hall–Kier alpha value is -2.52. The number of esters is 1. The van der Waals surface area contributed by atoms with Gasteiger partial charge in [-0.2, -0.15) is 0 Å². The number of amides is 1. The number of allylic oxidation sites excluding steroid dienone is 3. The summed E-state index contributed by atoms with van der Waals surface area (Å²) in [6.45, 7) is 10.7. The number of piperidine rings is 1. The van der Waals surface area contributed by atoms with Crippen LogP contribution < -0.4 is 0 Å². The molecule has 3 unspecified atom stereocenters. The lowest BCUT2D eigenvalue weighted by atomic mass is 9.82. The van der Waals surface area contributed by atoms with E-state index < -0.39 is 90.0 Å². The molecule has 53 heavy (non-hydrogen) atoms. The van der Waals surface area contributed by atoms with Crippen molar-refractivity contribution in [3.05, 3.63) is 23.3 Å². The SMILES string of the molecule is CC[C@@H]1/C=C(\C)C[C@H](C)C[C@H](O)[C@H](O)[C@H]2C[C@@H](C)C(O)(O2)C(=O)C(=O)N2CCCCC2C(=O)O[C@H](/C(C)=C/C2CC[C@@H](O)[C@H](O)C2)[C@H](C)[C@@H](O)CC1=O. The number of cyclic esters (lactones) is 1. The molecule has 1 amide bonds. The van der Waals surface area contributed by atoms with Crippen molar-refractivity contribution in [1.29, 1.82) is 0 Å². The number of ketones is 2. The Morgan fingerprint density at radius 3 is 2.26 bits per heavy atom. The maximum absolute atomic E-state index is 14.1. The highest BCUT2D eigenvalue weighted by Gasteiger charge is 2.57. The molecule has 6 N–H and O–H groups in total. The van der Waals surface area contributed by atoms with Crippen molar-refractivity contribution in [2.24, 2.45) is 29.6 Å². The van der Waals surface area contributed by atoms with Crippen molar-refractivity contribution in [2.75, 3.05) is 6.54 Å². The molecule has 3 fully saturated rings. The lowest BCUT2D eigenvalue weighted by Crippen LogP contribution is -2.57. The van der Waals surface area contributed by atoms with Crippen LogP contribution in [0, 0.1) is 29.6 Å². The van der Waals surface area contributed by atoms with Crippen molar-refractivity contribution >= 4 is 23.4 Å². The first-order valence-electron chi connectivity index (χ1n) is 19.6. The zero-order valence-electron chi connectivity index (χ0n) is 32.2. The molecule has 13 heteroatoms. The van der Waals surface area contributed by atoms with Crippen LogP contribution in [0.5, 0.6) is 0 Å². The predicted octanol–water partition coefficient (Wildman–Crippen LogP) is 2.51. The zero-order chi connectivity index (χ0) is 39.4. The minimum atomic E-state index is -2.59. The fourth-order valence-electron chi connectivity index (χ4n) is 8.72. The van der Waals surface area contributed by atoms with Crippen LogP contribution in [0.4, 0.5) is 0 Å². The fourth-order valence-corrected chi connectivity index (χ4v) is 8.72. The van der Waals surface area contributed by atoms with E-state index in [1.165, 1.54) is 6.92 Å². The van der Waals surface area contributed by atoms with Gasteiger partial charge in [0.05, 0.1) is 30.5 Å². The first-order chi connectivity index (χ1) is 24.9. The summed E-state index contributed by atoms with van der Waals surface area (Å²) in [5, 5.41) is 65.4. The van der Waals surface area contributed by atoms with E-state index in [0.717, 1.165) is 10.5 Å². The van der Waals surface area contributed by atoms with Crippen LogP contribution in [0.3, 0.4) is 0 Å². The van der Waals surface area contributed by atoms with Crippen molar-refractivity contribution in [3.63, 3.8) is 0 Å². The first-order valence-corrected chi connectivity index (χ1v) is 19.6. The van der Waals surface area contributed by atoms with Gasteiger partial charge in [0.15, 0.2) is 0 Å². The summed E-state index contributed by atoms with van der Waals surface area (Å²) >= 11 is 0. The van der Waals surface area contributed by atoms with Gasteiger partial charge >= 0.3 is 5.97 Å². The smallest absolute Gasteiger partial charge is 0.329 e. The summed E-state index contributed by atoms with van der Waals surface area (Å²) in [7, 11) is 0. The first kappa shape index (κ1) is 43.2. The number of ether oxygens (including phenoxy) is 2. The van der Waals surface area contributed by atoms with Gasteiger partial charge in [0.2, 0.25) is 5.79 Å². The van der Waals surface area contributed by atoms with Crippen molar-refractivity contribution in [2.45, 2.75) is 167 Å². The van der Waals surface area contributed by atoms with Crippen molar-refractivity contribution in [3.8, 4) is 0 Å². The van der Waals surface area contributed by atoms with Crippen LogP contribution in [-0.4, -0.2) is 120 Å². The van der Waals surface area contributed by atoms with Crippen LogP contribution in [0.15, 0.2) is 23.3 Å². The van der Waals surface area contributed by atoms with Crippen LogP contribution in [0.1, 0.15) is 112 Å². The average molecular weight is 750 g/mol. The quantitative estimate of drug-likeness (QED) is 0.140. The Kier molecular flexibility index (Phi) is 15.0. The summed E-state index contributed by atoms with van der Waals surface area (Å²) in [6, 6.07) is -1.19. The Morgan fingerprint density at radius 1 is 0.906 bits per heavy atom. The third-order valence-corrected chi connectivity index (χ3v) is 12.1. The molecule has 13 nitrogen and oxygen atoms in total. The molecule has 1 aliphatic carbocycles. The number of nitrogens with zero attached hydrogens (tertiary/aromatic N) is 1. The highest BCUT2D eigenvalue weighted by molar-refractivity contribution is 6.39. The minimum Gasteiger partial charge on any atom is -0.456 e. The van der Waals surface area contributed by atoms with Crippen LogP contribution in [0.25, 0.3) is 0 Å². The second kappa shape index (κ2) is 18.4. The van der Waals surface area contributed by atoms with Gasteiger partial charge in [0.1, 0.15) is 24.0 Å². The van der Waals surface area contributed by atoms with Crippen molar-refractivity contribution < 1.29 is 59.3 Å². The Labute approximate surface area is 313 Å². The standard InChI is InChI=1S/C40H63NO12/c1-7-27-15-21(2)14-22(3)16-33(46)35(47)34-18-24(5)40(51,53-34)37(48)38(49)41-13-9-8-10-28(41)39(50)52-36(25(6)30(43)20-31(27)44)23(4)17-26-11-12-29(42)32(45)19-26/h15,17,22,24-30,32-36,42-43,45-47,51H,7-14,16,18-20H2,1-6H3/b21-15+,23-17+/t22-,24+,25+,26?,27+,28?,29+,30-,32+,33-,34+,35-,36+,40?/m0/s1. The van der Waals surface area contributed by atoms with Gasteiger partial charge in [0.25, 0.3) is 11.7 Å². The van der Waals surface area contributed by atoms with Gasteiger partial charge < -0.3 is 45.0 Å². The minimum absolute atomic E-state index is 0.00267. The molecule has 0 radical (unpaired) electrons. The molecule has 4 aliphatic rings. The molecule has 3 aliphatic heterocycles. The average Bonchev–Trinajstić information content (AvgIpc) is 3.43. The van der Waals surface area contributed by atoms with Gasteiger partial charge in [-0.15, -0.1) is 0 Å². The number of aliphatic hydroxyl groups is 6. The molecule has 2 bridgehead atoms. The number of fused-ring (bicyclic) bond motifs is 3. The summed E-state index contributed by atoms with van der Waals surface area (Å²) in [6.07, 6.45) is -0.647. The van der Waals surface area contributed by atoms with Gasteiger partial charge in [0, 0.05) is 30.7 Å². The van der Waals surface area contributed by atoms with Gasteiger partial charge in [-0.1, -0.05) is 45.4 Å². The molecule has 1 saturated carbocycles. The number of hydrogen-bond acceptors (Lipinski definition) is 12. The van der Waals surface area contributed by atoms with E-state index in [2.05, 4.69) is 0 Å². The topological polar surface area (TPSA) is 211 Å². The van der Waals surface area contributed by atoms with E-state index in [1.807, 2.05) is 32.9 Å². The second-order valence-electron chi connectivity index (χ2n) is 16.5. The highest BCUT2D eigenvalue weighted by atomic mass is 16.6. The molecule has 0 aromatic rings. The highest BCUT2D eigenvalue weighted by Crippen LogP contribution is 2.39. The lowest BCUT2D eigenvalue weighted by molar-refractivity contribution is -0.224. The molecule has 0 spiro atoms. The summed E-state index contributed by atoms with van der Waals surface area (Å²) in [5.74, 6) is -8.42. The molecular weight excluding hydrogens is 686 g/mol. The Morgan fingerprint density at radius 2 is 1.60 bits per heavy atom. The zero-order valence-corrected chi connectivity index (χ0v) is 32.2. The van der Waals surface area contributed by atoms with E-state index in [0.29, 0.717) is 50.5 Å². The Balaban J connectivity index is 1.71. The molecule has 3 heterocycles. The second-order valence-corrected chi connectivity index (χ2v) is 16.5. The lowest BCUT2D eigenvalue weighted by Gasteiger charge is -2.37. The molecule has 0 aromatic heterocycles. The van der Waals surface area contributed by atoms with Crippen molar-refractivity contribution in [1.82, 2.24) is 4.90 Å². The van der Waals surface area contributed by atoms with E-state index >= 15 is 0 Å².